The molecule has 1 N–H and O–H groups in total. The Labute approximate surface area is 142 Å². The van der Waals surface area contributed by atoms with Gasteiger partial charge in [0.2, 0.25) is 15.9 Å². The van der Waals surface area contributed by atoms with E-state index in [1.807, 2.05) is 6.07 Å². The first-order valence-corrected chi connectivity index (χ1v) is 9.40. The molecule has 0 radical (unpaired) electrons. The highest BCUT2D eigenvalue weighted by molar-refractivity contribution is 7.89. The summed E-state index contributed by atoms with van der Waals surface area (Å²) in [7, 11) is -3.86. The van der Waals surface area contributed by atoms with Crippen LogP contribution in [0.25, 0.3) is 0 Å². The number of nitrogens with one attached hydrogen (secondary N) is 1. The van der Waals surface area contributed by atoms with E-state index in [1.54, 1.807) is 11.8 Å². The van der Waals surface area contributed by atoms with Crippen LogP contribution in [0.15, 0.2) is 23.1 Å². The summed E-state index contributed by atoms with van der Waals surface area (Å²) in [5, 5.41) is 9.12. The first kappa shape index (κ1) is 18.2. The molecule has 7 nitrogen and oxygen atoms in total. The van der Waals surface area contributed by atoms with Gasteiger partial charge in [0.25, 0.3) is 0 Å². The first-order chi connectivity index (χ1) is 11.5. The molecule has 0 aliphatic carbocycles. The maximum absolute atomic E-state index is 12.3. The van der Waals surface area contributed by atoms with Crippen LogP contribution < -0.4 is 9.46 Å². The van der Waals surface area contributed by atoms with Gasteiger partial charge in [-0.1, -0.05) is 0 Å². The predicted molar refractivity (Wildman–Crippen MR) is 87.9 cm³/mol. The number of piperidine rings is 1. The Balaban J connectivity index is 2.07. The quantitative estimate of drug-likeness (QED) is 0.831. The van der Waals surface area contributed by atoms with E-state index in [9.17, 15) is 13.2 Å². The second-order valence-corrected chi connectivity index (χ2v) is 7.24. The minimum absolute atomic E-state index is 0.0612. The molecule has 0 unspecified atom stereocenters. The average Bonchev–Trinajstić information content (AvgIpc) is 2.61. The molecule has 0 spiro atoms. The monoisotopic (exact) mass is 351 g/mol. The van der Waals surface area contributed by atoms with Crippen LogP contribution in [0.4, 0.5) is 0 Å². The van der Waals surface area contributed by atoms with E-state index in [2.05, 4.69) is 4.72 Å². The van der Waals surface area contributed by atoms with Crippen LogP contribution in [0.3, 0.4) is 0 Å². The lowest BCUT2D eigenvalue weighted by atomic mass is 10.1. The molecule has 0 atom stereocenters. The minimum Gasteiger partial charge on any atom is -0.492 e. The van der Waals surface area contributed by atoms with Gasteiger partial charge in [0, 0.05) is 13.1 Å². The number of carbonyl (C=O) groups is 1. The number of hydrogen-bond donors (Lipinski definition) is 1. The number of carbonyl (C=O) groups excluding carboxylic acids is 1. The van der Waals surface area contributed by atoms with E-state index < -0.39 is 10.0 Å². The number of amides is 1. The molecule has 1 aliphatic heterocycles. The minimum atomic E-state index is -3.86. The lowest BCUT2D eigenvalue weighted by Gasteiger charge is -2.26. The van der Waals surface area contributed by atoms with Crippen LogP contribution >= 0.6 is 0 Å². The van der Waals surface area contributed by atoms with Gasteiger partial charge >= 0.3 is 0 Å². The van der Waals surface area contributed by atoms with Crippen LogP contribution in [0, 0.1) is 11.3 Å². The van der Waals surface area contributed by atoms with Gasteiger partial charge in [0.05, 0.1) is 23.6 Å². The predicted octanol–water partition coefficient (Wildman–Crippen LogP) is 1.25. The molecule has 0 aromatic heterocycles. The lowest BCUT2D eigenvalue weighted by Crippen LogP contribution is -2.42. The van der Waals surface area contributed by atoms with Gasteiger partial charge in [-0.2, -0.15) is 5.26 Å². The van der Waals surface area contributed by atoms with Crippen molar-refractivity contribution in [1.82, 2.24) is 9.62 Å². The molecule has 2 rings (SSSR count). The van der Waals surface area contributed by atoms with E-state index in [0.29, 0.717) is 25.4 Å². The van der Waals surface area contributed by atoms with Crippen molar-refractivity contribution in [1.29, 1.82) is 5.26 Å². The molecule has 1 amide bonds. The van der Waals surface area contributed by atoms with Gasteiger partial charge in [-0.15, -0.1) is 0 Å². The number of rotatable bonds is 6. The van der Waals surface area contributed by atoms with Crippen LogP contribution in [-0.2, 0) is 14.8 Å². The summed E-state index contributed by atoms with van der Waals surface area (Å²) in [6, 6.07) is 5.97. The zero-order valence-electron chi connectivity index (χ0n) is 13.6. The van der Waals surface area contributed by atoms with Crippen LogP contribution in [-0.4, -0.2) is 45.5 Å². The average molecular weight is 351 g/mol. The van der Waals surface area contributed by atoms with Crippen molar-refractivity contribution in [2.45, 2.75) is 31.1 Å². The molecule has 24 heavy (non-hydrogen) atoms. The zero-order chi connectivity index (χ0) is 17.6. The second-order valence-electron chi connectivity index (χ2n) is 5.47. The highest BCUT2D eigenvalue weighted by Crippen LogP contribution is 2.22. The van der Waals surface area contributed by atoms with Crippen LogP contribution in [0.5, 0.6) is 5.75 Å². The van der Waals surface area contributed by atoms with Crippen molar-refractivity contribution >= 4 is 15.9 Å². The third kappa shape index (κ3) is 4.46. The molecule has 1 heterocycles. The molecule has 1 saturated heterocycles. The van der Waals surface area contributed by atoms with E-state index >= 15 is 0 Å². The van der Waals surface area contributed by atoms with Gasteiger partial charge in [0.15, 0.2) is 0 Å². The molecular weight excluding hydrogens is 330 g/mol. The number of nitriles is 1. The molecule has 130 valence electrons. The topological polar surface area (TPSA) is 99.5 Å². The smallest absolute Gasteiger partial charge is 0.241 e. The standard InChI is InChI=1S/C16H21N3O4S/c1-2-23-15-7-6-14(10-13(15)11-17)24(21,22)18-12-16(20)19-8-4-3-5-9-19/h6-7,10,18H,2-5,8-9,12H2,1H3. The van der Waals surface area contributed by atoms with Crippen molar-refractivity contribution in [2.75, 3.05) is 26.2 Å². The third-order valence-electron chi connectivity index (χ3n) is 3.80. The number of benzene rings is 1. The highest BCUT2D eigenvalue weighted by Gasteiger charge is 2.21. The van der Waals surface area contributed by atoms with E-state index in [-0.39, 0.29) is 22.9 Å². The van der Waals surface area contributed by atoms with Gasteiger partial charge in [-0.3, -0.25) is 4.79 Å². The Bertz CT molecular complexity index is 734. The van der Waals surface area contributed by atoms with Crippen molar-refractivity contribution in [3.63, 3.8) is 0 Å². The molecule has 1 aromatic rings. The normalized spacial score (nSPS) is 14.9. The number of sulfonamides is 1. The number of hydrogen-bond acceptors (Lipinski definition) is 5. The Kier molecular flexibility index (Phi) is 6.17. The Morgan fingerprint density at radius 3 is 2.67 bits per heavy atom. The fourth-order valence-corrected chi connectivity index (χ4v) is 3.54. The molecule has 1 aliphatic rings. The molecule has 1 fully saturated rings. The summed E-state index contributed by atoms with van der Waals surface area (Å²) in [6.07, 6.45) is 2.99. The first-order valence-electron chi connectivity index (χ1n) is 7.92. The fourth-order valence-electron chi connectivity index (χ4n) is 2.54. The van der Waals surface area contributed by atoms with Crippen molar-refractivity contribution in [2.24, 2.45) is 0 Å². The van der Waals surface area contributed by atoms with E-state index in [4.69, 9.17) is 10.00 Å². The van der Waals surface area contributed by atoms with Crippen LogP contribution in [0.2, 0.25) is 0 Å². The van der Waals surface area contributed by atoms with Gasteiger partial charge < -0.3 is 9.64 Å². The van der Waals surface area contributed by atoms with E-state index in [0.717, 1.165) is 19.3 Å². The summed E-state index contributed by atoms with van der Waals surface area (Å²) in [4.78, 5) is 13.7. The molecular formula is C16H21N3O4S. The maximum Gasteiger partial charge on any atom is 0.241 e. The highest BCUT2D eigenvalue weighted by atomic mass is 32.2. The van der Waals surface area contributed by atoms with Crippen molar-refractivity contribution in [3.8, 4) is 11.8 Å². The third-order valence-corrected chi connectivity index (χ3v) is 5.20. The molecule has 0 saturated carbocycles. The molecule has 0 bridgehead atoms. The summed E-state index contributed by atoms with van der Waals surface area (Å²) >= 11 is 0. The maximum atomic E-state index is 12.3. The Morgan fingerprint density at radius 1 is 1.33 bits per heavy atom. The summed E-state index contributed by atoms with van der Waals surface area (Å²) < 4.78 is 32.2. The summed E-state index contributed by atoms with van der Waals surface area (Å²) in [6.45, 7) is 3.21. The fraction of sp³-hybridized carbons (Fsp3) is 0.500. The number of nitrogens with zero attached hydrogens (tertiary/aromatic N) is 2. The van der Waals surface area contributed by atoms with E-state index in [1.165, 1.54) is 18.2 Å². The Hall–Kier alpha value is -2.11. The molecule has 8 heteroatoms. The largest absolute Gasteiger partial charge is 0.492 e. The van der Waals surface area contributed by atoms with Gasteiger partial charge in [0.1, 0.15) is 11.8 Å². The summed E-state index contributed by atoms with van der Waals surface area (Å²) in [5.74, 6) is 0.105. The number of likely N-dealkylation sites (tertiary alicyclic amines) is 1. The zero-order valence-corrected chi connectivity index (χ0v) is 14.4. The van der Waals surface area contributed by atoms with Crippen molar-refractivity contribution < 1.29 is 17.9 Å². The molecule has 1 aromatic carbocycles. The second kappa shape index (κ2) is 8.13. The van der Waals surface area contributed by atoms with Crippen LogP contribution in [0.1, 0.15) is 31.7 Å². The SMILES string of the molecule is CCOc1ccc(S(=O)(=O)NCC(=O)N2CCCCC2)cc1C#N. The Morgan fingerprint density at radius 2 is 2.04 bits per heavy atom. The van der Waals surface area contributed by atoms with Gasteiger partial charge in [-0.05, 0) is 44.4 Å². The summed E-state index contributed by atoms with van der Waals surface area (Å²) in [5.41, 5.74) is 0.141. The van der Waals surface area contributed by atoms with Crippen molar-refractivity contribution in [3.05, 3.63) is 23.8 Å². The number of ether oxygens (including phenoxy) is 1. The lowest BCUT2D eigenvalue weighted by molar-refractivity contribution is -0.130. The van der Waals surface area contributed by atoms with Gasteiger partial charge in [-0.25, -0.2) is 13.1 Å².